The molecule has 146 valence electrons. The van der Waals surface area contributed by atoms with Gasteiger partial charge >= 0.3 is 0 Å². The predicted molar refractivity (Wildman–Crippen MR) is 116 cm³/mol. The minimum atomic E-state index is -0.154. The van der Waals surface area contributed by atoms with Crippen molar-refractivity contribution in [2.45, 2.75) is 26.8 Å². The average Bonchev–Trinajstić information content (AvgIpc) is 3.18. The Bertz CT molecular complexity index is 1130. The van der Waals surface area contributed by atoms with E-state index in [-0.39, 0.29) is 11.9 Å². The Kier molecular flexibility index (Phi) is 5.12. The van der Waals surface area contributed by atoms with Crippen molar-refractivity contribution in [2.24, 2.45) is 5.92 Å². The maximum Gasteiger partial charge on any atom is 0.270 e. The van der Waals surface area contributed by atoms with Crippen LogP contribution in [0.2, 0.25) is 0 Å². The molecule has 5 heteroatoms. The fourth-order valence-electron chi connectivity index (χ4n) is 3.09. The van der Waals surface area contributed by atoms with Crippen LogP contribution in [0.5, 0.6) is 0 Å². The molecule has 2 heterocycles. The summed E-state index contributed by atoms with van der Waals surface area (Å²) in [6.45, 7) is 6.19. The highest BCUT2D eigenvalue weighted by Gasteiger charge is 2.19. The largest absolute Gasteiger partial charge is 0.348 e. The Morgan fingerprint density at radius 1 is 0.862 bits per heavy atom. The molecule has 0 saturated heterocycles. The van der Waals surface area contributed by atoms with Crippen LogP contribution in [0.3, 0.4) is 0 Å². The third-order valence-corrected chi connectivity index (χ3v) is 5.16. The summed E-state index contributed by atoms with van der Waals surface area (Å²) >= 11 is 0. The molecule has 4 aromatic rings. The van der Waals surface area contributed by atoms with Crippen LogP contribution in [0.4, 0.5) is 0 Å². The maximum atomic E-state index is 13.1. The molecular weight excluding hydrogens is 360 g/mol. The smallest absolute Gasteiger partial charge is 0.270 e. The number of nitrogens with one attached hydrogen (secondary N) is 1. The average molecular weight is 384 g/mol. The molecule has 0 fully saturated rings. The lowest BCUT2D eigenvalue weighted by atomic mass is 10.1. The zero-order valence-electron chi connectivity index (χ0n) is 16.8. The van der Waals surface area contributed by atoms with Gasteiger partial charge in [-0.3, -0.25) is 4.79 Å². The molecule has 1 unspecified atom stereocenters. The Balaban J connectivity index is 1.86. The Morgan fingerprint density at radius 2 is 1.45 bits per heavy atom. The highest BCUT2D eigenvalue weighted by atomic mass is 16.2. The van der Waals surface area contributed by atoms with E-state index in [4.69, 9.17) is 4.98 Å². The van der Waals surface area contributed by atoms with Gasteiger partial charge in [-0.25, -0.2) is 9.50 Å². The van der Waals surface area contributed by atoms with Crippen molar-refractivity contribution < 1.29 is 4.79 Å². The van der Waals surface area contributed by atoms with Crippen molar-refractivity contribution in [1.82, 2.24) is 19.9 Å². The van der Waals surface area contributed by atoms with Gasteiger partial charge in [0.15, 0.2) is 5.65 Å². The maximum absolute atomic E-state index is 13.1. The van der Waals surface area contributed by atoms with Gasteiger partial charge in [-0.2, -0.15) is 5.10 Å². The quantitative estimate of drug-likeness (QED) is 0.536. The van der Waals surface area contributed by atoms with Gasteiger partial charge < -0.3 is 5.32 Å². The second kappa shape index (κ2) is 7.87. The van der Waals surface area contributed by atoms with Crippen LogP contribution in [-0.2, 0) is 0 Å². The summed E-state index contributed by atoms with van der Waals surface area (Å²) in [5.41, 5.74) is 4.61. The topological polar surface area (TPSA) is 59.3 Å². The fraction of sp³-hybridized carbons (Fsp3) is 0.208. The molecule has 0 radical (unpaired) electrons. The van der Waals surface area contributed by atoms with Gasteiger partial charge in [0.25, 0.3) is 5.91 Å². The van der Waals surface area contributed by atoms with E-state index < -0.39 is 0 Å². The number of benzene rings is 2. The summed E-state index contributed by atoms with van der Waals surface area (Å²) in [5, 5.41) is 7.77. The number of hydrogen-bond donors (Lipinski definition) is 1. The molecular formula is C24H24N4O. The minimum Gasteiger partial charge on any atom is -0.348 e. The highest BCUT2D eigenvalue weighted by Crippen LogP contribution is 2.24. The van der Waals surface area contributed by atoms with E-state index in [0.717, 1.165) is 22.5 Å². The van der Waals surface area contributed by atoms with Gasteiger partial charge in [-0.05, 0) is 18.9 Å². The van der Waals surface area contributed by atoms with Crippen LogP contribution < -0.4 is 5.32 Å². The van der Waals surface area contributed by atoms with Gasteiger partial charge in [0.05, 0.1) is 11.4 Å². The second-order valence-electron chi connectivity index (χ2n) is 7.56. The third kappa shape index (κ3) is 3.90. The number of rotatable bonds is 5. The first-order valence-electron chi connectivity index (χ1n) is 9.85. The first-order chi connectivity index (χ1) is 14.0. The zero-order valence-corrected chi connectivity index (χ0v) is 16.8. The molecule has 0 aliphatic heterocycles. The lowest BCUT2D eigenvalue weighted by Gasteiger charge is -2.18. The predicted octanol–water partition coefficient (Wildman–Crippen LogP) is 4.84. The number of hydrogen-bond acceptors (Lipinski definition) is 3. The minimum absolute atomic E-state index is 0.0510. The molecule has 0 spiro atoms. The monoisotopic (exact) mass is 384 g/mol. The standard InChI is InChI=1S/C24H24N4O/c1-16(2)17(3)25-24(29)22-14-20(18-10-6-4-7-11-18)26-23-15-21(27-28(22)23)19-12-8-5-9-13-19/h4-17H,1-3H3,(H,25,29). The second-order valence-corrected chi connectivity index (χ2v) is 7.56. The molecule has 0 bridgehead atoms. The normalized spacial score (nSPS) is 12.3. The molecule has 4 rings (SSSR count). The van der Waals surface area contributed by atoms with Crippen LogP contribution in [0.1, 0.15) is 31.3 Å². The van der Waals surface area contributed by atoms with Crippen molar-refractivity contribution in [1.29, 1.82) is 0 Å². The fourth-order valence-corrected chi connectivity index (χ4v) is 3.09. The van der Waals surface area contributed by atoms with E-state index >= 15 is 0 Å². The number of carbonyl (C=O) groups excluding carboxylic acids is 1. The Hall–Kier alpha value is -3.47. The van der Waals surface area contributed by atoms with Gasteiger partial charge in [0.1, 0.15) is 5.69 Å². The summed E-state index contributed by atoms with van der Waals surface area (Å²) in [4.78, 5) is 17.9. The van der Waals surface area contributed by atoms with E-state index in [9.17, 15) is 4.79 Å². The van der Waals surface area contributed by atoms with E-state index in [2.05, 4.69) is 24.3 Å². The van der Waals surface area contributed by atoms with Gasteiger partial charge in [-0.15, -0.1) is 0 Å². The van der Waals surface area contributed by atoms with E-state index in [1.54, 1.807) is 4.52 Å². The Labute approximate surface area is 170 Å². The van der Waals surface area contributed by atoms with Crippen LogP contribution in [0.25, 0.3) is 28.2 Å². The summed E-state index contributed by atoms with van der Waals surface area (Å²) in [6, 6.07) is 23.6. The van der Waals surface area contributed by atoms with E-state index in [0.29, 0.717) is 17.3 Å². The van der Waals surface area contributed by atoms with Gasteiger partial charge in [0.2, 0.25) is 0 Å². The Morgan fingerprint density at radius 3 is 2.03 bits per heavy atom. The lowest BCUT2D eigenvalue weighted by Crippen LogP contribution is -2.37. The zero-order chi connectivity index (χ0) is 20.4. The molecule has 29 heavy (non-hydrogen) atoms. The number of carbonyl (C=O) groups is 1. The summed E-state index contributed by atoms with van der Waals surface area (Å²) in [5.74, 6) is 0.181. The molecule has 0 aliphatic carbocycles. The first kappa shape index (κ1) is 18.9. The number of fused-ring (bicyclic) bond motifs is 1. The highest BCUT2D eigenvalue weighted by molar-refractivity contribution is 5.94. The summed E-state index contributed by atoms with van der Waals surface area (Å²) < 4.78 is 1.64. The van der Waals surface area contributed by atoms with Crippen molar-refractivity contribution in [2.75, 3.05) is 0 Å². The molecule has 2 aromatic heterocycles. The van der Waals surface area contributed by atoms with Gasteiger partial charge in [-0.1, -0.05) is 74.5 Å². The van der Waals surface area contributed by atoms with Crippen LogP contribution in [0, 0.1) is 5.92 Å². The van der Waals surface area contributed by atoms with Crippen molar-refractivity contribution in [3.8, 4) is 22.5 Å². The third-order valence-electron chi connectivity index (χ3n) is 5.16. The molecule has 5 nitrogen and oxygen atoms in total. The van der Waals surface area contributed by atoms with Crippen molar-refractivity contribution in [3.05, 3.63) is 78.5 Å². The van der Waals surface area contributed by atoms with Crippen molar-refractivity contribution >= 4 is 11.6 Å². The number of nitrogens with zero attached hydrogens (tertiary/aromatic N) is 3. The van der Waals surface area contributed by atoms with Crippen LogP contribution >= 0.6 is 0 Å². The molecule has 0 aliphatic rings. The van der Waals surface area contributed by atoms with Crippen molar-refractivity contribution in [3.63, 3.8) is 0 Å². The van der Waals surface area contributed by atoms with Gasteiger partial charge in [0, 0.05) is 23.2 Å². The van der Waals surface area contributed by atoms with Crippen LogP contribution in [0.15, 0.2) is 72.8 Å². The molecule has 2 aromatic carbocycles. The molecule has 1 atom stereocenters. The molecule has 1 amide bonds. The lowest BCUT2D eigenvalue weighted by molar-refractivity contribution is 0.0923. The van der Waals surface area contributed by atoms with E-state index in [1.807, 2.05) is 79.7 Å². The number of amides is 1. The molecule has 0 saturated carbocycles. The summed E-state index contributed by atoms with van der Waals surface area (Å²) in [7, 11) is 0. The first-order valence-corrected chi connectivity index (χ1v) is 9.85. The number of aromatic nitrogens is 3. The molecule has 1 N–H and O–H groups in total. The van der Waals surface area contributed by atoms with Crippen LogP contribution in [-0.4, -0.2) is 26.5 Å². The SMILES string of the molecule is CC(C)C(C)NC(=O)c1cc(-c2ccccc2)nc2cc(-c3ccccc3)nn12. The van der Waals surface area contributed by atoms with E-state index in [1.165, 1.54) is 0 Å². The summed E-state index contributed by atoms with van der Waals surface area (Å²) in [6.07, 6.45) is 0.